The van der Waals surface area contributed by atoms with Crippen molar-refractivity contribution < 1.29 is 4.79 Å². The van der Waals surface area contributed by atoms with E-state index in [1.165, 1.54) is 12.8 Å². The number of nitrogens with one attached hydrogen (secondary N) is 1. The Hall–Kier alpha value is -0.570. The average Bonchev–Trinajstić information content (AvgIpc) is 2.51. The molecule has 1 aliphatic heterocycles. The summed E-state index contributed by atoms with van der Waals surface area (Å²) in [6.07, 6.45) is 6.38. The van der Waals surface area contributed by atoms with E-state index in [0.717, 1.165) is 32.4 Å². The van der Waals surface area contributed by atoms with Crippen LogP contribution in [0, 0.1) is 0 Å². The summed E-state index contributed by atoms with van der Waals surface area (Å²) in [4.78, 5) is 14.3. The van der Waals surface area contributed by atoms with Crippen molar-refractivity contribution in [1.82, 2.24) is 10.2 Å². The maximum absolute atomic E-state index is 11.8. The Bertz CT molecular complexity index is 258. The molecule has 0 aliphatic carbocycles. The Morgan fingerprint density at radius 2 is 2.06 bits per heavy atom. The van der Waals surface area contributed by atoms with Crippen LogP contribution in [-0.4, -0.2) is 35.5 Å². The molecule has 1 rings (SSSR count). The fourth-order valence-electron chi connectivity index (χ4n) is 2.51. The molecule has 1 fully saturated rings. The molecule has 1 amide bonds. The summed E-state index contributed by atoms with van der Waals surface area (Å²) < 4.78 is 0. The average molecular weight is 254 g/mol. The topological polar surface area (TPSA) is 32.3 Å². The number of carbonyl (C=O) groups excluding carboxylic acids is 1. The second-order valence-corrected chi connectivity index (χ2v) is 6.48. The van der Waals surface area contributed by atoms with E-state index < -0.39 is 0 Å². The summed E-state index contributed by atoms with van der Waals surface area (Å²) in [5.41, 5.74) is 0.205. The highest BCUT2D eigenvalue weighted by molar-refractivity contribution is 5.76. The monoisotopic (exact) mass is 254 g/mol. The molecule has 0 saturated carbocycles. The Morgan fingerprint density at radius 1 is 1.33 bits per heavy atom. The Balaban J connectivity index is 2.46. The van der Waals surface area contributed by atoms with E-state index in [0.29, 0.717) is 12.5 Å². The lowest BCUT2D eigenvalue weighted by Crippen LogP contribution is -2.49. The molecule has 0 radical (unpaired) electrons. The van der Waals surface area contributed by atoms with Gasteiger partial charge in [0, 0.05) is 24.5 Å². The van der Waals surface area contributed by atoms with Gasteiger partial charge in [0.1, 0.15) is 0 Å². The molecular formula is C15H30N2O. The van der Waals surface area contributed by atoms with Gasteiger partial charge < -0.3 is 5.32 Å². The van der Waals surface area contributed by atoms with Crippen LogP contribution in [0.25, 0.3) is 0 Å². The van der Waals surface area contributed by atoms with Gasteiger partial charge in [0.05, 0.1) is 0 Å². The van der Waals surface area contributed by atoms with Gasteiger partial charge in [-0.1, -0.05) is 19.8 Å². The van der Waals surface area contributed by atoms with E-state index in [-0.39, 0.29) is 11.4 Å². The molecule has 1 saturated heterocycles. The number of likely N-dealkylation sites (tertiary alicyclic amines) is 1. The molecule has 0 aromatic heterocycles. The van der Waals surface area contributed by atoms with Crippen LogP contribution >= 0.6 is 0 Å². The van der Waals surface area contributed by atoms with Crippen molar-refractivity contribution in [3.8, 4) is 0 Å². The van der Waals surface area contributed by atoms with Crippen molar-refractivity contribution in [2.75, 3.05) is 13.1 Å². The molecule has 1 aliphatic rings. The maximum Gasteiger partial charge on any atom is 0.220 e. The zero-order valence-corrected chi connectivity index (χ0v) is 12.6. The largest absolute Gasteiger partial charge is 0.352 e. The van der Waals surface area contributed by atoms with E-state index in [9.17, 15) is 4.79 Å². The highest BCUT2D eigenvalue weighted by Gasteiger charge is 2.26. The predicted molar refractivity (Wildman–Crippen MR) is 76.6 cm³/mol. The van der Waals surface area contributed by atoms with Crippen molar-refractivity contribution in [3.05, 3.63) is 0 Å². The van der Waals surface area contributed by atoms with Crippen LogP contribution in [0.1, 0.15) is 66.2 Å². The van der Waals surface area contributed by atoms with Gasteiger partial charge in [-0.2, -0.15) is 0 Å². The summed E-state index contributed by atoms with van der Waals surface area (Å²) in [5, 5.41) is 3.22. The van der Waals surface area contributed by atoms with Crippen LogP contribution in [0.5, 0.6) is 0 Å². The Kier molecular flexibility index (Phi) is 6.13. The predicted octanol–water partition coefficient (Wildman–Crippen LogP) is 2.95. The van der Waals surface area contributed by atoms with Crippen molar-refractivity contribution in [2.45, 2.75) is 77.8 Å². The molecule has 1 atom stereocenters. The van der Waals surface area contributed by atoms with Crippen LogP contribution in [0.3, 0.4) is 0 Å². The highest BCUT2D eigenvalue weighted by Crippen LogP contribution is 2.19. The van der Waals surface area contributed by atoms with Gasteiger partial charge in [0.25, 0.3) is 0 Å². The molecule has 1 heterocycles. The molecule has 0 aromatic carbocycles. The third-order valence-corrected chi connectivity index (χ3v) is 3.74. The molecule has 1 N–H and O–H groups in total. The van der Waals surface area contributed by atoms with Gasteiger partial charge in [0.2, 0.25) is 5.91 Å². The molecule has 0 bridgehead atoms. The molecule has 18 heavy (non-hydrogen) atoms. The Labute approximate surface area is 112 Å². The fourth-order valence-corrected chi connectivity index (χ4v) is 2.51. The highest BCUT2D eigenvalue weighted by atomic mass is 16.1. The number of hydrogen-bond donors (Lipinski definition) is 1. The van der Waals surface area contributed by atoms with Gasteiger partial charge in [0.15, 0.2) is 0 Å². The van der Waals surface area contributed by atoms with Gasteiger partial charge in [-0.25, -0.2) is 0 Å². The zero-order chi connectivity index (χ0) is 13.6. The van der Waals surface area contributed by atoms with Crippen LogP contribution in [-0.2, 0) is 4.79 Å². The van der Waals surface area contributed by atoms with Crippen molar-refractivity contribution in [2.24, 2.45) is 0 Å². The molecule has 0 aromatic rings. The summed E-state index contributed by atoms with van der Waals surface area (Å²) in [7, 11) is 0. The van der Waals surface area contributed by atoms with E-state index in [2.05, 4.69) is 37.9 Å². The number of amides is 1. The number of carbonyl (C=O) groups is 1. The van der Waals surface area contributed by atoms with E-state index in [1.807, 2.05) is 0 Å². The van der Waals surface area contributed by atoms with Gasteiger partial charge >= 0.3 is 0 Å². The van der Waals surface area contributed by atoms with Crippen LogP contribution in [0.2, 0.25) is 0 Å². The first kappa shape index (κ1) is 15.5. The summed E-state index contributed by atoms with van der Waals surface area (Å²) in [6, 6.07) is 0.344. The molecule has 106 valence electrons. The molecule has 1 unspecified atom stereocenters. The van der Waals surface area contributed by atoms with Gasteiger partial charge in [-0.15, -0.1) is 0 Å². The molecule has 3 nitrogen and oxygen atoms in total. The molecular weight excluding hydrogens is 224 g/mol. The summed E-state index contributed by atoms with van der Waals surface area (Å²) in [5.74, 6) is 0.234. The minimum Gasteiger partial charge on any atom is -0.352 e. The minimum absolute atomic E-state index is 0.205. The maximum atomic E-state index is 11.8. The van der Waals surface area contributed by atoms with Crippen LogP contribution < -0.4 is 5.32 Å². The number of nitrogens with zero attached hydrogens (tertiary/aromatic N) is 1. The minimum atomic E-state index is 0.205. The lowest BCUT2D eigenvalue weighted by atomic mass is 10.1. The second kappa shape index (κ2) is 7.13. The third kappa shape index (κ3) is 5.38. The van der Waals surface area contributed by atoms with Crippen molar-refractivity contribution in [3.63, 3.8) is 0 Å². The van der Waals surface area contributed by atoms with Gasteiger partial charge in [-0.3, -0.25) is 9.69 Å². The summed E-state index contributed by atoms with van der Waals surface area (Å²) >= 11 is 0. The lowest BCUT2D eigenvalue weighted by molar-refractivity contribution is -0.122. The van der Waals surface area contributed by atoms with Crippen LogP contribution in [0.15, 0.2) is 0 Å². The first-order valence-corrected chi connectivity index (χ1v) is 7.48. The number of unbranched alkanes of at least 4 members (excludes halogenated alkanes) is 1. The third-order valence-electron chi connectivity index (χ3n) is 3.74. The van der Waals surface area contributed by atoms with E-state index in [1.54, 1.807) is 0 Å². The smallest absolute Gasteiger partial charge is 0.220 e. The number of rotatable bonds is 4. The second-order valence-electron chi connectivity index (χ2n) is 6.48. The van der Waals surface area contributed by atoms with Crippen molar-refractivity contribution in [1.29, 1.82) is 0 Å². The Morgan fingerprint density at radius 3 is 2.67 bits per heavy atom. The van der Waals surface area contributed by atoms with E-state index >= 15 is 0 Å². The molecule has 0 spiro atoms. The first-order valence-electron chi connectivity index (χ1n) is 7.48. The standard InChI is InChI=1S/C15H30N2O/c1-5-6-10-14(18)16-13-9-7-8-11-17(12-13)15(2,3)4/h13H,5-12H2,1-4H3,(H,16,18). The quantitative estimate of drug-likeness (QED) is 0.836. The lowest BCUT2D eigenvalue weighted by Gasteiger charge is -2.36. The molecule has 3 heteroatoms. The van der Waals surface area contributed by atoms with Gasteiger partial charge in [-0.05, 0) is 46.6 Å². The first-order chi connectivity index (χ1) is 8.43. The summed E-state index contributed by atoms with van der Waals surface area (Å²) in [6.45, 7) is 11.1. The van der Waals surface area contributed by atoms with E-state index in [4.69, 9.17) is 0 Å². The normalized spacial score (nSPS) is 22.6. The zero-order valence-electron chi connectivity index (χ0n) is 12.6. The van der Waals surface area contributed by atoms with Crippen LogP contribution in [0.4, 0.5) is 0 Å². The SMILES string of the molecule is CCCCC(=O)NC1CCCCN(C(C)(C)C)C1. The van der Waals surface area contributed by atoms with Crippen molar-refractivity contribution >= 4 is 5.91 Å². The fraction of sp³-hybridized carbons (Fsp3) is 0.933. The number of hydrogen-bond acceptors (Lipinski definition) is 2.